The summed E-state index contributed by atoms with van der Waals surface area (Å²) in [5, 5.41) is 18.7. The highest BCUT2D eigenvalue weighted by atomic mass is 16.4. The zero-order valence-electron chi connectivity index (χ0n) is 10.6. The molecule has 1 aliphatic heterocycles. The van der Waals surface area contributed by atoms with Gasteiger partial charge in [0, 0.05) is 6.54 Å². The van der Waals surface area contributed by atoms with E-state index in [1.807, 2.05) is 24.0 Å². The number of carbonyl (C=O) groups is 1. The van der Waals surface area contributed by atoms with E-state index in [0.29, 0.717) is 6.54 Å². The van der Waals surface area contributed by atoms with E-state index in [0.717, 1.165) is 36.9 Å². The molecule has 98 valence electrons. The van der Waals surface area contributed by atoms with Crippen LogP contribution in [0.4, 0.5) is 0 Å². The molecule has 0 bridgehead atoms. The van der Waals surface area contributed by atoms with Crippen LogP contribution < -0.4 is 0 Å². The Morgan fingerprint density at radius 2 is 2.22 bits per heavy atom. The Kier molecular flexibility index (Phi) is 3.87. The summed E-state index contributed by atoms with van der Waals surface area (Å²) in [5.41, 5.74) is 1.88. The van der Waals surface area contributed by atoms with Crippen molar-refractivity contribution in [3.8, 4) is 5.75 Å². The maximum Gasteiger partial charge on any atom is 0.320 e. The molecule has 0 saturated carbocycles. The molecule has 2 N–H and O–H groups in total. The highest BCUT2D eigenvalue weighted by Gasteiger charge is 2.28. The van der Waals surface area contributed by atoms with Crippen molar-refractivity contribution in [2.75, 3.05) is 6.54 Å². The van der Waals surface area contributed by atoms with E-state index >= 15 is 0 Å². The molecule has 1 heterocycles. The molecule has 0 spiro atoms. The van der Waals surface area contributed by atoms with Gasteiger partial charge in [-0.3, -0.25) is 9.69 Å². The number of aromatic hydroxyl groups is 1. The Balaban J connectivity index is 2.10. The third-order valence-electron chi connectivity index (χ3n) is 3.55. The third-order valence-corrected chi connectivity index (χ3v) is 3.55. The van der Waals surface area contributed by atoms with E-state index in [1.54, 1.807) is 6.07 Å². The Morgan fingerprint density at radius 3 is 2.89 bits per heavy atom. The first-order valence-corrected chi connectivity index (χ1v) is 6.33. The molecule has 1 aliphatic rings. The molecular weight excluding hydrogens is 230 g/mol. The van der Waals surface area contributed by atoms with Crippen molar-refractivity contribution >= 4 is 5.97 Å². The molecule has 1 unspecified atom stereocenters. The van der Waals surface area contributed by atoms with Crippen molar-refractivity contribution in [3.05, 3.63) is 29.3 Å². The van der Waals surface area contributed by atoms with Crippen LogP contribution in [0.15, 0.2) is 18.2 Å². The minimum Gasteiger partial charge on any atom is -0.508 e. The van der Waals surface area contributed by atoms with Crippen LogP contribution in [-0.4, -0.2) is 33.7 Å². The first kappa shape index (κ1) is 12.9. The maximum absolute atomic E-state index is 11.2. The number of phenolic OH excluding ortho intramolecular Hbond substituents is 1. The lowest BCUT2D eigenvalue weighted by molar-refractivity contribution is -0.144. The van der Waals surface area contributed by atoms with E-state index in [9.17, 15) is 15.0 Å². The van der Waals surface area contributed by atoms with Crippen molar-refractivity contribution < 1.29 is 15.0 Å². The highest BCUT2D eigenvalue weighted by Crippen LogP contribution is 2.22. The minimum atomic E-state index is -0.731. The summed E-state index contributed by atoms with van der Waals surface area (Å²) in [4.78, 5) is 13.2. The molecule has 4 nitrogen and oxygen atoms in total. The van der Waals surface area contributed by atoms with E-state index < -0.39 is 5.97 Å². The van der Waals surface area contributed by atoms with Crippen LogP contribution in [0.5, 0.6) is 5.75 Å². The number of nitrogens with zero attached hydrogens (tertiary/aromatic N) is 1. The molecule has 0 radical (unpaired) electrons. The molecule has 1 atom stereocenters. The lowest BCUT2D eigenvalue weighted by Gasteiger charge is -2.32. The zero-order chi connectivity index (χ0) is 13.1. The van der Waals surface area contributed by atoms with Gasteiger partial charge >= 0.3 is 5.97 Å². The summed E-state index contributed by atoms with van der Waals surface area (Å²) < 4.78 is 0. The van der Waals surface area contributed by atoms with Crippen LogP contribution in [0.2, 0.25) is 0 Å². The average molecular weight is 249 g/mol. The van der Waals surface area contributed by atoms with E-state index in [-0.39, 0.29) is 11.8 Å². The number of piperidine rings is 1. The normalized spacial score (nSPS) is 20.8. The van der Waals surface area contributed by atoms with Gasteiger partial charge in [0.25, 0.3) is 0 Å². The van der Waals surface area contributed by atoms with Gasteiger partial charge in [0.15, 0.2) is 0 Å². The monoisotopic (exact) mass is 249 g/mol. The second kappa shape index (κ2) is 5.40. The van der Waals surface area contributed by atoms with Crippen molar-refractivity contribution in [3.63, 3.8) is 0 Å². The van der Waals surface area contributed by atoms with Gasteiger partial charge in [-0.25, -0.2) is 0 Å². The molecule has 1 saturated heterocycles. The SMILES string of the molecule is Cc1cc(CN2CCCCC2C(=O)O)ccc1O. The second-order valence-corrected chi connectivity index (χ2v) is 4.94. The van der Waals surface area contributed by atoms with Crippen LogP contribution in [0.1, 0.15) is 30.4 Å². The Hall–Kier alpha value is -1.55. The van der Waals surface area contributed by atoms with E-state index in [2.05, 4.69) is 0 Å². The van der Waals surface area contributed by atoms with Crippen LogP contribution in [-0.2, 0) is 11.3 Å². The number of rotatable bonds is 3. The van der Waals surface area contributed by atoms with Gasteiger partial charge < -0.3 is 10.2 Å². The number of carboxylic acids is 1. The number of benzene rings is 1. The predicted octanol–water partition coefficient (Wildman–Crippen LogP) is 2.14. The smallest absolute Gasteiger partial charge is 0.320 e. The van der Waals surface area contributed by atoms with Gasteiger partial charge in [0.1, 0.15) is 11.8 Å². The topological polar surface area (TPSA) is 60.8 Å². The fourth-order valence-corrected chi connectivity index (χ4v) is 2.51. The number of hydrogen-bond acceptors (Lipinski definition) is 3. The van der Waals surface area contributed by atoms with Crippen LogP contribution in [0, 0.1) is 6.92 Å². The minimum absolute atomic E-state index is 0.284. The maximum atomic E-state index is 11.2. The molecule has 1 aromatic carbocycles. The third kappa shape index (κ3) is 2.82. The summed E-state index contributed by atoms with van der Waals surface area (Å²) in [7, 11) is 0. The number of aliphatic carboxylic acids is 1. The lowest BCUT2D eigenvalue weighted by atomic mass is 10.0. The van der Waals surface area contributed by atoms with E-state index in [4.69, 9.17) is 0 Å². The number of carboxylic acid groups (broad SMARTS) is 1. The summed E-state index contributed by atoms with van der Waals surface area (Å²) in [5.74, 6) is -0.447. The Morgan fingerprint density at radius 1 is 1.44 bits per heavy atom. The molecule has 4 heteroatoms. The number of phenols is 1. The van der Waals surface area contributed by atoms with Crippen LogP contribution >= 0.6 is 0 Å². The average Bonchev–Trinajstić information content (AvgIpc) is 2.34. The van der Waals surface area contributed by atoms with Gasteiger partial charge in [-0.05, 0) is 43.5 Å². The number of likely N-dealkylation sites (tertiary alicyclic amines) is 1. The van der Waals surface area contributed by atoms with Crippen molar-refractivity contribution in [1.29, 1.82) is 0 Å². The molecule has 2 rings (SSSR count). The summed E-state index contributed by atoms with van der Waals surface area (Å²) >= 11 is 0. The van der Waals surface area contributed by atoms with Crippen molar-refractivity contribution in [2.24, 2.45) is 0 Å². The van der Waals surface area contributed by atoms with E-state index in [1.165, 1.54) is 0 Å². The molecule has 0 amide bonds. The molecule has 18 heavy (non-hydrogen) atoms. The van der Waals surface area contributed by atoms with Crippen LogP contribution in [0.25, 0.3) is 0 Å². The van der Waals surface area contributed by atoms with Gasteiger partial charge in [-0.15, -0.1) is 0 Å². The molecule has 0 aromatic heterocycles. The Bertz CT molecular complexity index is 445. The molecular formula is C14H19NO3. The fourth-order valence-electron chi connectivity index (χ4n) is 2.51. The van der Waals surface area contributed by atoms with Gasteiger partial charge in [0.05, 0.1) is 0 Å². The van der Waals surface area contributed by atoms with Gasteiger partial charge in [-0.1, -0.05) is 18.6 Å². The van der Waals surface area contributed by atoms with Gasteiger partial charge in [-0.2, -0.15) is 0 Å². The lowest BCUT2D eigenvalue weighted by Crippen LogP contribution is -2.43. The summed E-state index contributed by atoms with van der Waals surface area (Å²) in [6.45, 7) is 3.32. The molecule has 1 fully saturated rings. The van der Waals surface area contributed by atoms with Crippen molar-refractivity contribution in [2.45, 2.75) is 38.8 Å². The fraction of sp³-hybridized carbons (Fsp3) is 0.500. The largest absolute Gasteiger partial charge is 0.508 e. The van der Waals surface area contributed by atoms with Crippen LogP contribution in [0.3, 0.4) is 0 Å². The second-order valence-electron chi connectivity index (χ2n) is 4.94. The molecule has 1 aromatic rings. The van der Waals surface area contributed by atoms with Gasteiger partial charge in [0.2, 0.25) is 0 Å². The summed E-state index contributed by atoms with van der Waals surface area (Å²) in [6.07, 6.45) is 2.77. The van der Waals surface area contributed by atoms with Crippen molar-refractivity contribution in [1.82, 2.24) is 4.90 Å². The first-order valence-electron chi connectivity index (χ1n) is 6.33. The first-order chi connectivity index (χ1) is 8.58. The number of hydrogen-bond donors (Lipinski definition) is 2. The quantitative estimate of drug-likeness (QED) is 0.861. The highest BCUT2D eigenvalue weighted by molar-refractivity contribution is 5.73. The summed E-state index contributed by atoms with van der Waals surface area (Å²) in [6, 6.07) is 5.08. The predicted molar refractivity (Wildman–Crippen MR) is 68.5 cm³/mol. The zero-order valence-corrected chi connectivity index (χ0v) is 10.6. The number of aryl methyl sites for hydroxylation is 1. The standard InChI is InChI=1S/C14H19NO3/c1-10-8-11(5-6-13(10)16)9-15-7-3-2-4-12(15)14(17)18/h5-6,8,12,16H,2-4,7,9H2,1H3,(H,17,18). The molecule has 0 aliphatic carbocycles. The Labute approximate surface area is 107 Å².